The molecule has 2 saturated carbocycles. The zero-order valence-electron chi connectivity index (χ0n) is 13.9. The van der Waals surface area contributed by atoms with Crippen LogP contribution in [0.3, 0.4) is 0 Å². The molecule has 23 heavy (non-hydrogen) atoms. The molecule has 0 saturated heterocycles. The van der Waals surface area contributed by atoms with Gasteiger partial charge in [0, 0.05) is 13.6 Å². The minimum atomic E-state index is -0.397. The number of rotatable bonds is 7. The summed E-state index contributed by atoms with van der Waals surface area (Å²) in [5.41, 5.74) is 1.11. The maximum atomic E-state index is 12.4. The molecule has 0 heterocycles. The normalized spacial score (nSPS) is 19.8. The largest absolute Gasteiger partial charge is 0.497 e. The molecule has 2 aliphatic rings. The van der Waals surface area contributed by atoms with E-state index in [1.165, 1.54) is 0 Å². The van der Waals surface area contributed by atoms with Crippen molar-refractivity contribution in [1.29, 1.82) is 0 Å². The number of likely N-dealkylation sites (N-methyl/N-ethyl adjacent to an activating group) is 1. The topological polar surface area (TPSA) is 61.8 Å². The molecule has 2 fully saturated rings. The Hall–Kier alpha value is -1.75. The van der Waals surface area contributed by atoms with E-state index >= 15 is 0 Å². The summed E-state index contributed by atoms with van der Waals surface area (Å²) in [6, 6.07) is 7.81. The van der Waals surface area contributed by atoms with Gasteiger partial charge in [0.2, 0.25) is 0 Å². The lowest BCUT2D eigenvalue weighted by Gasteiger charge is -2.25. The van der Waals surface area contributed by atoms with Crippen LogP contribution >= 0.6 is 0 Å². The van der Waals surface area contributed by atoms with E-state index in [9.17, 15) is 9.90 Å². The zero-order valence-corrected chi connectivity index (χ0v) is 13.9. The minimum absolute atomic E-state index is 0.0360. The van der Waals surface area contributed by atoms with Gasteiger partial charge in [-0.05, 0) is 55.2 Å². The van der Waals surface area contributed by atoms with E-state index in [1.807, 2.05) is 24.3 Å². The van der Waals surface area contributed by atoms with Crippen molar-refractivity contribution in [3.63, 3.8) is 0 Å². The second kappa shape index (κ2) is 6.79. The Bertz CT molecular complexity index is 538. The summed E-state index contributed by atoms with van der Waals surface area (Å²) < 4.78 is 5.19. The molecule has 5 nitrogen and oxygen atoms in total. The van der Waals surface area contributed by atoms with Gasteiger partial charge in [0.1, 0.15) is 5.75 Å². The summed E-state index contributed by atoms with van der Waals surface area (Å²) in [6.45, 7) is 0.399. The minimum Gasteiger partial charge on any atom is -0.497 e. The number of aliphatic hydroxyl groups excluding tert-OH is 1. The lowest BCUT2D eigenvalue weighted by molar-refractivity contribution is 0.112. The van der Waals surface area contributed by atoms with Crippen LogP contribution in [-0.4, -0.2) is 42.8 Å². The van der Waals surface area contributed by atoms with Gasteiger partial charge < -0.3 is 20.1 Å². The Kier molecular flexibility index (Phi) is 4.76. The number of nitrogens with zero attached hydrogens (tertiary/aromatic N) is 1. The second-order valence-corrected chi connectivity index (χ2v) is 6.82. The fraction of sp³-hybridized carbons (Fsp3) is 0.611. The predicted molar refractivity (Wildman–Crippen MR) is 88.4 cm³/mol. The average Bonchev–Trinajstić information content (AvgIpc) is 3.43. The molecule has 0 bridgehead atoms. The van der Waals surface area contributed by atoms with Gasteiger partial charge in [0.15, 0.2) is 0 Å². The van der Waals surface area contributed by atoms with E-state index in [1.54, 1.807) is 19.1 Å². The molecule has 5 heteroatoms. The first-order valence-corrected chi connectivity index (χ1v) is 8.42. The van der Waals surface area contributed by atoms with Crippen LogP contribution < -0.4 is 10.1 Å². The van der Waals surface area contributed by atoms with E-state index in [4.69, 9.17) is 4.74 Å². The zero-order chi connectivity index (χ0) is 16.4. The number of hydrogen-bond acceptors (Lipinski definition) is 3. The SMILES string of the molecule is COc1ccc(C(NC(=O)N(C)CC(O)C2CC2)C2CC2)cc1. The number of urea groups is 1. The molecule has 2 amide bonds. The summed E-state index contributed by atoms with van der Waals surface area (Å²) in [5, 5.41) is 13.1. The standard InChI is InChI=1S/C18H26N2O3/c1-20(11-16(21)12-3-4-12)18(22)19-17(13-5-6-13)14-7-9-15(23-2)10-8-14/h7-10,12-13,16-17,21H,3-6,11H2,1-2H3,(H,19,22). The summed E-state index contributed by atoms with van der Waals surface area (Å²) in [7, 11) is 3.40. The first-order valence-electron chi connectivity index (χ1n) is 8.42. The van der Waals surface area contributed by atoms with Crippen molar-refractivity contribution in [2.24, 2.45) is 11.8 Å². The van der Waals surface area contributed by atoms with Gasteiger partial charge in [0.05, 0.1) is 19.3 Å². The highest BCUT2D eigenvalue weighted by Crippen LogP contribution is 2.41. The number of nitrogens with one attached hydrogen (secondary N) is 1. The van der Waals surface area contributed by atoms with Gasteiger partial charge in [-0.1, -0.05) is 12.1 Å². The van der Waals surface area contributed by atoms with Crippen molar-refractivity contribution < 1.29 is 14.6 Å². The number of benzene rings is 1. The molecule has 0 radical (unpaired) electrons. The number of amides is 2. The summed E-state index contributed by atoms with van der Waals surface area (Å²) in [4.78, 5) is 14.0. The molecule has 2 unspecified atom stereocenters. The fourth-order valence-electron chi connectivity index (χ4n) is 2.95. The predicted octanol–water partition coefficient (Wildman–Crippen LogP) is 2.56. The molecule has 2 atom stereocenters. The number of carbonyl (C=O) groups is 1. The van der Waals surface area contributed by atoms with Crippen molar-refractivity contribution >= 4 is 6.03 Å². The third kappa shape index (κ3) is 4.16. The molecular weight excluding hydrogens is 292 g/mol. The van der Waals surface area contributed by atoms with Crippen molar-refractivity contribution in [2.45, 2.75) is 37.8 Å². The summed E-state index contributed by atoms with van der Waals surface area (Å²) in [5.74, 6) is 1.71. The van der Waals surface area contributed by atoms with E-state index in [-0.39, 0.29) is 12.1 Å². The number of ether oxygens (including phenoxy) is 1. The van der Waals surface area contributed by atoms with Gasteiger partial charge in [-0.2, -0.15) is 0 Å². The van der Waals surface area contributed by atoms with E-state index < -0.39 is 6.10 Å². The monoisotopic (exact) mass is 318 g/mol. The Balaban J connectivity index is 1.60. The van der Waals surface area contributed by atoms with Gasteiger partial charge in [0.25, 0.3) is 0 Å². The maximum Gasteiger partial charge on any atom is 0.317 e. The Morgan fingerprint density at radius 2 is 1.87 bits per heavy atom. The van der Waals surface area contributed by atoms with Crippen molar-refractivity contribution in [2.75, 3.05) is 20.7 Å². The number of carbonyl (C=O) groups excluding carboxylic acids is 1. The van der Waals surface area contributed by atoms with Gasteiger partial charge >= 0.3 is 6.03 Å². The molecule has 0 aromatic heterocycles. The van der Waals surface area contributed by atoms with Gasteiger partial charge in [-0.25, -0.2) is 4.79 Å². The van der Waals surface area contributed by atoms with E-state index in [0.717, 1.165) is 37.0 Å². The third-order valence-corrected chi connectivity index (χ3v) is 4.82. The van der Waals surface area contributed by atoms with Crippen LogP contribution in [0.25, 0.3) is 0 Å². The molecule has 2 N–H and O–H groups in total. The molecule has 0 spiro atoms. The highest BCUT2D eigenvalue weighted by atomic mass is 16.5. The van der Waals surface area contributed by atoms with Crippen LogP contribution in [0, 0.1) is 11.8 Å². The average molecular weight is 318 g/mol. The van der Waals surface area contributed by atoms with E-state index in [0.29, 0.717) is 18.4 Å². The molecule has 126 valence electrons. The highest BCUT2D eigenvalue weighted by molar-refractivity contribution is 5.74. The van der Waals surface area contributed by atoms with Crippen LogP contribution in [0.5, 0.6) is 5.75 Å². The first-order chi connectivity index (χ1) is 11.1. The Morgan fingerprint density at radius 1 is 1.26 bits per heavy atom. The third-order valence-electron chi connectivity index (χ3n) is 4.82. The van der Waals surface area contributed by atoms with Crippen molar-refractivity contribution in [3.05, 3.63) is 29.8 Å². The number of hydrogen-bond donors (Lipinski definition) is 2. The van der Waals surface area contributed by atoms with Crippen molar-refractivity contribution in [1.82, 2.24) is 10.2 Å². The molecule has 1 aromatic rings. The Labute approximate surface area is 137 Å². The molecule has 0 aliphatic heterocycles. The number of methoxy groups -OCH3 is 1. The lowest BCUT2D eigenvalue weighted by Crippen LogP contribution is -2.43. The van der Waals surface area contributed by atoms with E-state index in [2.05, 4.69) is 5.32 Å². The van der Waals surface area contributed by atoms with Crippen LogP contribution in [0.15, 0.2) is 24.3 Å². The number of aliphatic hydroxyl groups is 1. The quantitative estimate of drug-likeness (QED) is 0.812. The van der Waals surface area contributed by atoms with Crippen LogP contribution in [0.4, 0.5) is 4.79 Å². The molecule has 3 rings (SSSR count). The lowest BCUT2D eigenvalue weighted by atomic mass is 10.0. The van der Waals surface area contributed by atoms with Crippen molar-refractivity contribution in [3.8, 4) is 5.75 Å². The molecular formula is C18H26N2O3. The van der Waals surface area contributed by atoms with Gasteiger partial charge in [-0.15, -0.1) is 0 Å². The molecule has 1 aromatic carbocycles. The van der Waals surface area contributed by atoms with Gasteiger partial charge in [-0.3, -0.25) is 0 Å². The van der Waals surface area contributed by atoms with Crippen LogP contribution in [-0.2, 0) is 0 Å². The second-order valence-electron chi connectivity index (χ2n) is 6.82. The fourth-order valence-corrected chi connectivity index (χ4v) is 2.95. The Morgan fingerprint density at radius 3 is 2.39 bits per heavy atom. The summed E-state index contributed by atoms with van der Waals surface area (Å²) in [6.07, 6.45) is 4.04. The first kappa shape index (κ1) is 16.1. The van der Waals surface area contributed by atoms with Crippen LogP contribution in [0.1, 0.15) is 37.3 Å². The summed E-state index contributed by atoms with van der Waals surface area (Å²) >= 11 is 0. The highest BCUT2D eigenvalue weighted by Gasteiger charge is 2.35. The smallest absolute Gasteiger partial charge is 0.317 e. The maximum absolute atomic E-state index is 12.4. The van der Waals surface area contributed by atoms with Crippen LogP contribution in [0.2, 0.25) is 0 Å². The molecule has 2 aliphatic carbocycles.